The van der Waals surface area contributed by atoms with Gasteiger partial charge in [0.05, 0.1) is 7.11 Å². The van der Waals surface area contributed by atoms with Gasteiger partial charge in [0.2, 0.25) is 0 Å². The predicted molar refractivity (Wildman–Crippen MR) is 86.7 cm³/mol. The van der Waals surface area contributed by atoms with Crippen molar-refractivity contribution in [1.29, 1.82) is 0 Å². The molecule has 110 valence electrons. The second kappa shape index (κ2) is 6.31. The van der Waals surface area contributed by atoms with Crippen molar-refractivity contribution in [2.24, 2.45) is 0 Å². The van der Waals surface area contributed by atoms with Gasteiger partial charge in [-0.1, -0.05) is 35.9 Å². The summed E-state index contributed by atoms with van der Waals surface area (Å²) in [5.74, 6) is 0.956. The molecule has 1 atom stereocenters. The van der Waals surface area contributed by atoms with Gasteiger partial charge in [-0.2, -0.15) is 0 Å². The van der Waals surface area contributed by atoms with Crippen LogP contribution in [0.25, 0.3) is 0 Å². The van der Waals surface area contributed by atoms with E-state index in [1.54, 1.807) is 7.11 Å². The lowest BCUT2D eigenvalue weighted by molar-refractivity contribution is 0.408. The van der Waals surface area contributed by atoms with Crippen molar-refractivity contribution in [1.82, 2.24) is 5.32 Å². The van der Waals surface area contributed by atoms with Crippen molar-refractivity contribution in [3.63, 3.8) is 0 Å². The predicted octanol–water partition coefficient (Wildman–Crippen LogP) is 4.17. The van der Waals surface area contributed by atoms with Gasteiger partial charge in [0.15, 0.2) is 0 Å². The molecule has 0 aromatic heterocycles. The molecule has 21 heavy (non-hydrogen) atoms. The van der Waals surface area contributed by atoms with Crippen LogP contribution in [0.5, 0.6) is 5.75 Å². The molecule has 0 saturated heterocycles. The molecule has 0 bridgehead atoms. The van der Waals surface area contributed by atoms with Crippen LogP contribution in [0.3, 0.4) is 0 Å². The minimum Gasteiger partial charge on any atom is -0.497 e. The standard InChI is InChI=1S/C19H23NO/c1-14-6-8-15(9-7-14)13-20-19-5-3-4-16-10-11-17(21-2)12-18(16)19/h6-12,19-20H,3-5,13H2,1-2H3. The van der Waals surface area contributed by atoms with E-state index in [0.717, 1.165) is 12.3 Å². The van der Waals surface area contributed by atoms with E-state index >= 15 is 0 Å². The van der Waals surface area contributed by atoms with Gasteiger partial charge in [0, 0.05) is 12.6 Å². The third kappa shape index (κ3) is 3.27. The lowest BCUT2D eigenvalue weighted by atomic mass is 9.87. The number of fused-ring (bicyclic) bond motifs is 1. The minimum atomic E-state index is 0.435. The molecule has 0 amide bonds. The lowest BCUT2D eigenvalue weighted by Crippen LogP contribution is -2.24. The fourth-order valence-electron chi connectivity index (χ4n) is 3.06. The third-order valence-corrected chi connectivity index (χ3v) is 4.34. The molecule has 0 radical (unpaired) electrons. The number of hydrogen-bond donors (Lipinski definition) is 1. The van der Waals surface area contributed by atoms with E-state index in [2.05, 4.69) is 54.7 Å². The molecular weight excluding hydrogens is 258 g/mol. The molecule has 1 N–H and O–H groups in total. The van der Waals surface area contributed by atoms with Crippen LogP contribution in [0.4, 0.5) is 0 Å². The summed E-state index contributed by atoms with van der Waals surface area (Å²) in [6.45, 7) is 3.04. The number of hydrogen-bond acceptors (Lipinski definition) is 2. The first-order valence-electron chi connectivity index (χ1n) is 7.72. The van der Waals surface area contributed by atoms with Crippen molar-refractivity contribution in [3.8, 4) is 5.75 Å². The molecule has 0 saturated carbocycles. The fraction of sp³-hybridized carbons (Fsp3) is 0.368. The first-order chi connectivity index (χ1) is 10.3. The highest BCUT2D eigenvalue weighted by Crippen LogP contribution is 2.32. The van der Waals surface area contributed by atoms with Crippen LogP contribution in [-0.2, 0) is 13.0 Å². The smallest absolute Gasteiger partial charge is 0.119 e. The highest BCUT2D eigenvalue weighted by atomic mass is 16.5. The summed E-state index contributed by atoms with van der Waals surface area (Å²) < 4.78 is 5.38. The minimum absolute atomic E-state index is 0.435. The Labute approximate surface area is 127 Å². The van der Waals surface area contributed by atoms with E-state index in [9.17, 15) is 0 Å². The topological polar surface area (TPSA) is 21.3 Å². The maximum Gasteiger partial charge on any atom is 0.119 e. The van der Waals surface area contributed by atoms with Crippen LogP contribution in [0.2, 0.25) is 0 Å². The van der Waals surface area contributed by atoms with Crippen molar-refractivity contribution >= 4 is 0 Å². The van der Waals surface area contributed by atoms with Crippen LogP contribution >= 0.6 is 0 Å². The van der Waals surface area contributed by atoms with E-state index < -0.39 is 0 Å². The number of aryl methyl sites for hydroxylation is 2. The molecule has 0 heterocycles. The van der Waals surface area contributed by atoms with Gasteiger partial charge in [0.25, 0.3) is 0 Å². The molecule has 2 nitrogen and oxygen atoms in total. The SMILES string of the molecule is COc1ccc2c(c1)C(NCc1ccc(C)cc1)CCC2. The molecule has 1 aliphatic carbocycles. The maximum absolute atomic E-state index is 5.38. The Bertz CT molecular complexity index is 603. The van der Waals surface area contributed by atoms with Gasteiger partial charge in [0.1, 0.15) is 5.75 Å². The van der Waals surface area contributed by atoms with Crippen molar-refractivity contribution in [2.45, 2.75) is 38.8 Å². The van der Waals surface area contributed by atoms with Crippen LogP contribution in [0, 0.1) is 6.92 Å². The van der Waals surface area contributed by atoms with E-state index in [0.29, 0.717) is 6.04 Å². The summed E-state index contributed by atoms with van der Waals surface area (Å²) in [5, 5.41) is 3.71. The van der Waals surface area contributed by atoms with Gasteiger partial charge in [-0.3, -0.25) is 0 Å². The lowest BCUT2D eigenvalue weighted by Gasteiger charge is -2.27. The first kappa shape index (κ1) is 14.2. The van der Waals surface area contributed by atoms with E-state index in [4.69, 9.17) is 4.74 Å². The summed E-state index contributed by atoms with van der Waals surface area (Å²) in [6, 6.07) is 15.7. The maximum atomic E-state index is 5.38. The Morgan fingerprint density at radius 2 is 1.95 bits per heavy atom. The van der Waals surface area contributed by atoms with Crippen LogP contribution in [-0.4, -0.2) is 7.11 Å². The molecule has 0 aliphatic heterocycles. The number of ether oxygens (including phenoxy) is 1. The molecule has 0 spiro atoms. The fourth-order valence-corrected chi connectivity index (χ4v) is 3.06. The van der Waals surface area contributed by atoms with E-state index in [1.165, 1.54) is 41.5 Å². The van der Waals surface area contributed by atoms with E-state index in [-0.39, 0.29) is 0 Å². The van der Waals surface area contributed by atoms with Crippen molar-refractivity contribution in [3.05, 3.63) is 64.7 Å². The second-order valence-electron chi connectivity index (χ2n) is 5.88. The second-order valence-corrected chi connectivity index (χ2v) is 5.88. The molecule has 0 fully saturated rings. The molecule has 2 aromatic carbocycles. The zero-order valence-electron chi connectivity index (χ0n) is 12.9. The average Bonchev–Trinajstić information content (AvgIpc) is 2.54. The van der Waals surface area contributed by atoms with Crippen molar-refractivity contribution < 1.29 is 4.74 Å². The normalized spacial score (nSPS) is 17.3. The van der Waals surface area contributed by atoms with Gasteiger partial charge >= 0.3 is 0 Å². The number of benzene rings is 2. The number of nitrogens with one attached hydrogen (secondary N) is 1. The summed E-state index contributed by atoms with van der Waals surface area (Å²) in [6.07, 6.45) is 3.64. The van der Waals surface area contributed by atoms with Gasteiger partial charge in [-0.25, -0.2) is 0 Å². The molecule has 2 heteroatoms. The quantitative estimate of drug-likeness (QED) is 0.908. The molecule has 1 unspecified atom stereocenters. The Kier molecular flexibility index (Phi) is 4.26. The monoisotopic (exact) mass is 281 g/mol. The average molecular weight is 281 g/mol. The highest BCUT2D eigenvalue weighted by Gasteiger charge is 2.20. The summed E-state index contributed by atoms with van der Waals surface area (Å²) in [5.41, 5.74) is 5.53. The summed E-state index contributed by atoms with van der Waals surface area (Å²) >= 11 is 0. The van der Waals surface area contributed by atoms with Crippen LogP contribution in [0.1, 0.15) is 41.1 Å². The Morgan fingerprint density at radius 3 is 2.71 bits per heavy atom. The van der Waals surface area contributed by atoms with Crippen molar-refractivity contribution in [2.75, 3.05) is 7.11 Å². The van der Waals surface area contributed by atoms with Crippen LogP contribution in [0.15, 0.2) is 42.5 Å². The van der Waals surface area contributed by atoms with Crippen LogP contribution < -0.4 is 10.1 Å². The largest absolute Gasteiger partial charge is 0.497 e. The Hall–Kier alpha value is -1.80. The summed E-state index contributed by atoms with van der Waals surface area (Å²) in [7, 11) is 1.74. The molecule has 3 rings (SSSR count). The molecular formula is C19H23NO. The molecule has 1 aliphatic rings. The zero-order valence-corrected chi connectivity index (χ0v) is 12.9. The summed E-state index contributed by atoms with van der Waals surface area (Å²) in [4.78, 5) is 0. The highest BCUT2D eigenvalue weighted by molar-refractivity contribution is 5.39. The third-order valence-electron chi connectivity index (χ3n) is 4.34. The van der Waals surface area contributed by atoms with Gasteiger partial charge < -0.3 is 10.1 Å². The Balaban J connectivity index is 1.73. The zero-order chi connectivity index (χ0) is 14.7. The van der Waals surface area contributed by atoms with E-state index in [1.807, 2.05) is 0 Å². The Morgan fingerprint density at radius 1 is 1.14 bits per heavy atom. The number of rotatable bonds is 4. The number of methoxy groups -OCH3 is 1. The van der Waals surface area contributed by atoms with Gasteiger partial charge in [-0.05, 0) is 55.0 Å². The first-order valence-corrected chi connectivity index (χ1v) is 7.72. The molecule has 2 aromatic rings. The van der Waals surface area contributed by atoms with Gasteiger partial charge in [-0.15, -0.1) is 0 Å².